The highest BCUT2D eigenvalue weighted by atomic mass is 32.2. The Morgan fingerprint density at radius 2 is 1.66 bits per heavy atom. The molecule has 0 spiro atoms. The topological polar surface area (TPSA) is 68.5 Å². The van der Waals surface area contributed by atoms with Crippen molar-refractivity contribution < 1.29 is 4.79 Å². The normalized spacial score (nSPS) is 16.8. The summed E-state index contributed by atoms with van der Waals surface area (Å²) in [5.41, 5.74) is 5.54. The van der Waals surface area contributed by atoms with Crippen LogP contribution in [0.25, 0.3) is 21.8 Å². The number of thioether (sulfide) groups is 1. The number of aliphatic imine (C=N–C) groups is 1. The van der Waals surface area contributed by atoms with Crippen LogP contribution >= 0.6 is 11.8 Å². The van der Waals surface area contributed by atoms with Gasteiger partial charge in [-0.25, -0.2) is 0 Å². The first kappa shape index (κ1) is 23.8. The summed E-state index contributed by atoms with van der Waals surface area (Å²) < 4.78 is 2.41. The Labute approximate surface area is 210 Å². The Bertz CT molecular complexity index is 1250. The van der Waals surface area contributed by atoms with Crippen LogP contribution < -0.4 is 10.8 Å². The van der Waals surface area contributed by atoms with Crippen LogP contribution in [0, 0.1) is 0 Å². The van der Waals surface area contributed by atoms with E-state index in [2.05, 4.69) is 68.4 Å². The third kappa shape index (κ3) is 5.37. The molecule has 2 aliphatic heterocycles. The van der Waals surface area contributed by atoms with Crippen molar-refractivity contribution in [3.63, 3.8) is 0 Å². The van der Waals surface area contributed by atoms with Gasteiger partial charge in [-0.3, -0.25) is 20.1 Å². The molecule has 5 rings (SSSR count). The van der Waals surface area contributed by atoms with Crippen LogP contribution in [0.4, 0.5) is 0 Å². The molecular formula is C26H33N7OS. The molecule has 9 heteroatoms. The Balaban J connectivity index is 1.40. The molecule has 1 fully saturated rings. The van der Waals surface area contributed by atoms with Crippen LogP contribution in [-0.2, 0) is 11.3 Å². The number of amidine groups is 1. The van der Waals surface area contributed by atoms with Gasteiger partial charge in [0, 0.05) is 55.8 Å². The Morgan fingerprint density at radius 1 is 1.00 bits per heavy atom. The molecule has 0 atom stereocenters. The molecule has 0 bridgehead atoms. The molecule has 2 aromatic carbocycles. The van der Waals surface area contributed by atoms with Gasteiger partial charge in [0.05, 0.1) is 24.1 Å². The second kappa shape index (κ2) is 10.8. The van der Waals surface area contributed by atoms with Gasteiger partial charge in [0.25, 0.3) is 0 Å². The minimum absolute atomic E-state index is 0.218. The Kier molecular flexibility index (Phi) is 7.36. The van der Waals surface area contributed by atoms with Crippen LogP contribution in [0.15, 0.2) is 58.6 Å². The van der Waals surface area contributed by atoms with Gasteiger partial charge >= 0.3 is 0 Å². The van der Waals surface area contributed by atoms with E-state index < -0.39 is 0 Å². The molecule has 184 valence electrons. The van der Waals surface area contributed by atoms with E-state index in [1.54, 1.807) is 11.8 Å². The molecule has 1 amide bonds. The molecule has 0 aliphatic carbocycles. The van der Waals surface area contributed by atoms with Crippen LogP contribution in [-0.4, -0.2) is 96.0 Å². The molecule has 0 unspecified atom stereocenters. The maximum absolute atomic E-state index is 12.4. The zero-order chi connectivity index (χ0) is 24.2. The van der Waals surface area contributed by atoms with Crippen molar-refractivity contribution in [2.75, 3.05) is 65.7 Å². The lowest BCUT2D eigenvalue weighted by Gasteiger charge is -2.35. The number of likely N-dealkylation sites (N-methyl/N-ethyl adjacent to an activating group) is 1. The van der Waals surface area contributed by atoms with Crippen molar-refractivity contribution in [3.05, 3.63) is 53.9 Å². The van der Waals surface area contributed by atoms with Gasteiger partial charge in [-0.2, -0.15) is 5.10 Å². The number of para-hydroxylation sites is 2. The van der Waals surface area contributed by atoms with E-state index in [9.17, 15) is 4.79 Å². The minimum Gasteiger partial charge on any atom is -0.339 e. The average molecular weight is 492 g/mol. The number of amides is 1. The number of carbonyl (C=O) groups is 1. The fourth-order valence-electron chi connectivity index (χ4n) is 4.79. The van der Waals surface area contributed by atoms with E-state index in [0.717, 1.165) is 72.9 Å². The number of nitrogens with zero attached hydrogens (tertiary/aromatic N) is 6. The smallest absolute Gasteiger partial charge is 0.236 e. The number of piperazine rings is 1. The lowest BCUT2D eigenvalue weighted by atomic mass is 10.1. The molecule has 1 N–H and O–H groups in total. The minimum atomic E-state index is 0.218. The third-order valence-corrected chi connectivity index (χ3v) is 7.45. The number of hydrogen-bond donors (Lipinski definition) is 1. The standard InChI is InChI=1S/C26H33N7OS/c1-30(2)19-24(34)32-15-12-31(13-16-32)14-17-33-22-9-5-3-7-20(22)25(21-8-4-6-10-23(21)33)28-29-26-27-11-18-35-26/h3-10H,11-19H2,1-2H3,(H,27,29). The van der Waals surface area contributed by atoms with E-state index in [4.69, 9.17) is 5.10 Å². The van der Waals surface area contributed by atoms with Crippen LogP contribution in [0.3, 0.4) is 0 Å². The predicted molar refractivity (Wildman–Crippen MR) is 144 cm³/mol. The SMILES string of the molecule is CN(C)CC(=O)N1CCN(CCn2c3ccccc3c(=NNC3=NCCS3)c3ccccc32)CC1. The predicted octanol–water partition coefficient (Wildman–Crippen LogP) is 2.01. The van der Waals surface area contributed by atoms with Gasteiger partial charge in [0.15, 0.2) is 5.17 Å². The van der Waals surface area contributed by atoms with Crippen LogP contribution in [0.1, 0.15) is 0 Å². The summed E-state index contributed by atoms with van der Waals surface area (Å²) in [4.78, 5) is 23.3. The molecular weight excluding hydrogens is 458 g/mol. The van der Waals surface area contributed by atoms with Crippen LogP contribution in [0.5, 0.6) is 0 Å². The van der Waals surface area contributed by atoms with E-state index in [1.807, 2.05) is 23.9 Å². The Hall–Kier alpha value is -2.88. The first-order chi connectivity index (χ1) is 17.1. The fraction of sp³-hybridized carbons (Fsp3) is 0.423. The number of fused-ring (bicyclic) bond motifs is 2. The van der Waals surface area contributed by atoms with Crippen molar-refractivity contribution >= 4 is 44.6 Å². The second-order valence-electron chi connectivity index (χ2n) is 9.25. The maximum atomic E-state index is 12.4. The summed E-state index contributed by atoms with van der Waals surface area (Å²) in [6.07, 6.45) is 0. The number of nitrogens with one attached hydrogen (secondary N) is 1. The lowest BCUT2D eigenvalue weighted by Crippen LogP contribution is -2.51. The number of benzene rings is 2. The first-order valence-electron chi connectivity index (χ1n) is 12.2. The monoisotopic (exact) mass is 491 g/mol. The first-order valence-corrected chi connectivity index (χ1v) is 13.2. The number of rotatable bonds is 6. The maximum Gasteiger partial charge on any atom is 0.236 e. The molecule has 35 heavy (non-hydrogen) atoms. The van der Waals surface area contributed by atoms with Crippen molar-refractivity contribution in [1.82, 2.24) is 24.7 Å². The average Bonchev–Trinajstić information content (AvgIpc) is 3.39. The van der Waals surface area contributed by atoms with Gasteiger partial charge in [-0.15, -0.1) is 0 Å². The number of hydrogen-bond acceptors (Lipinski definition) is 7. The number of carbonyl (C=O) groups excluding carboxylic acids is 1. The molecule has 2 aliphatic rings. The van der Waals surface area contributed by atoms with Gasteiger partial charge in [-0.1, -0.05) is 48.2 Å². The van der Waals surface area contributed by atoms with E-state index in [1.165, 1.54) is 11.0 Å². The molecule has 0 radical (unpaired) electrons. The molecule has 0 saturated carbocycles. The van der Waals surface area contributed by atoms with Gasteiger partial charge < -0.3 is 14.4 Å². The molecule has 3 heterocycles. The third-order valence-electron chi connectivity index (χ3n) is 6.57. The van der Waals surface area contributed by atoms with E-state index >= 15 is 0 Å². The summed E-state index contributed by atoms with van der Waals surface area (Å²) >= 11 is 1.71. The summed E-state index contributed by atoms with van der Waals surface area (Å²) in [6.45, 7) is 6.55. The highest BCUT2D eigenvalue weighted by Gasteiger charge is 2.21. The van der Waals surface area contributed by atoms with Crippen LogP contribution in [0.2, 0.25) is 0 Å². The summed E-state index contributed by atoms with van der Waals surface area (Å²) in [5, 5.41) is 8.91. The van der Waals surface area contributed by atoms with Gasteiger partial charge in [0.1, 0.15) is 5.36 Å². The van der Waals surface area contributed by atoms with E-state index in [-0.39, 0.29) is 5.91 Å². The Morgan fingerprint density at radius 3 is 2.26 bits per heavy atom. The zero-order valence-electron chi connectivity index (χ0n) is 20.5. The molecule has 8 nitrogen and oxygen atoms in total. The fourth-order valence-corrected chi connectivity index (χ4v) is 5.46. The van der Waals surface area contributed by atoms with Crippen molar-refractivity contribution in [2.24, 2.45) is 10.1 Å². The highest BCUT2D eigenvalue weighted by Crippen LogP contribution is 2.20. The van der Waals surface area contributed by atoms with Gasteiger partial charge in [0.2, 0.25) is 5.91 Å². The van der Waals surface area contributed by atoms with Gasteiger partial charge in [-0.05, 0) is 26.2 Å². The molecule has 1 aromatic heterocycles. The number of pyridine rings is 1. The molecule has 3 aromatic rings. The zero-order valence-corrected chi connectivity index (χ0v) is 21.3. The largest absolute Gasteiger partial charge is 0.339 e. The van der Waals surface area contributed by atoms with E-state index in [0.29, 0.717) is 6.54 Å². The van der Waals surface area contributed by atoms with Crippen molar-refractivity contribution in [2.45, 2.75) is 6.54 Å². The summed E-state index contributed by atoms with van der Waals surface area (Å²) in [6, 6.07) is 17.0. The van der Waals surface area contributed by atoms with Crippen molar-refractivity contribution in [1.29, 1.82) is 0 Å². The quantitative estimate of drug-likeness (QED) is 0.422. The summed E-state index contributed by atoms with van der Waals surface area (Å²) in [5.74, 6) is 1.22. The lowest BCUT2D eigenvalue weighted by molar-refractivity contribution is -0.133. The summed E-state index contributed by atoms with van der Waals surface area (Å²) in [7, 11) is 3.88. The molecule has 1 saturated heterocycles. The number of aromatic nitrogens is 1. The second-order valence-corrected chi connectivity index (χ2v) is 10.3. The van der Waals surface area contributed by atoms with Crippen molar-refractivity contribution in [3.8, 4) is 0 Å². The highest BCUT2D eigenvalue weighted by molar-refractivity contribution is 8.14.